The van der Waals surface area contributed by atoms with E-state index in [1.165, 1.54) is 84.1 Å². The number of carboxylic acids is 1. The van der Waals surface area contributed by atoms with Crippen LogP contribution in [0.3, 0.4) is 0 Å². The average Bonchev–Trinajstić information content (AvgIpc) is 2.88. The van der Waals surface area contributed by atoms with Gasteiger partial charge in [-0.05, 0) is 114 Å². The van der Waals surface area contributed by atoms with E-state index in [4.69, 9.17) is 5.11 Å². The first-order valence-corrected chi connectivity index (χ1v) is 15.3. The lowest BCUT2D eigenvalue weighted by molar-refractivity contribution is -0.137. The normalized spacial score (nSPS) is 13.4. The van der Waals surface area contributed by atoms with Crippen LogP contribution >= 0.6 is 0 Å². The van der Waals surface area contributed by atoms with Crippen LogP contribution in [-0.2, 0) is 29.5 Å². The SMILES string of the molecule is C=c1cc2c(cc1CCCC)=C(C)c1cc(CCCC)c(C)c(CCCC)c1C2(C)C.CCCCC(=O)O. The number of carbonyl (C=O) groups is 1. The van der Waals surface area contributed by atoms with E-state index in [-0.39, 0.29) is 5.41 Å². The summed E-state index contributed by atoms with van der Waals surface area (Å²) in [7, 11) is 0. The van der Waals surface area contributed by atoms with Crippen LogP contribution in [0, 0.1) is 6.92 Å². The lowest BCUT2D eigenvalue weighted by Crippen LogP contribution is -2.37. The molecule has 0 spiro atoms. The zero-order valence-electron chi connectivity index (χ0n) is 25.8. The summed E-state index contributed by atoms with van der Waals surface area (Å²) < 4.78 is 0. The molecule has 0 bridgehead atoms. The first kappa shape index (κ1) is 31.9. The third-order valence-electron chi connectivity index (χ3n) is 8.39. The molecule has 0 radical (unpaired) electrons. The largest absolute Gasteiger partial charge is 0.481 e. The lowest BCUT2D eigenvalue weighted by Gasteiger charge is -2.37. The summed E-state index contributed by atoms with van der Waals surface area (Å²) in [6.07, 6.45) is 13.1. The van der Waals surface area contributed by atoms with E-state index in [2.05, 4.69) is 73.2 Å². The summed E-state index contributed by atoms with van der Waals surface area (Å²) in [6.45, 7) is 23.0. The van der Waals surface area contributed by atoms with Gasteiger partial charge in [0.2, 0.25) is 0 Å². The monoisotopic (exact) mass is 518 g/mol. The molecule has 0 saturated heterocycles. The highest BCUT2D eigenvalue weighted by atomic mass is 16.4. The smallest absolute Gasteiger partial charge is 0.303 e. The van der Waals surface area contributed by atoms with E-state index < -0.39 is 5.97 Å². The maximum Gasteiger partial charge on any atom is 0.303 e. The molecular weight excluding hydrogens is 464 g/mol. The topological polar surface area (TPSA) is 37.3 Å². The minimum atomic E-state index is -0.693. The Morgan fingerprint density at radius 3 is 1.89 bits per heavy atom. The third-order valence-corrected chi connectivity index (χ3v) is 8.39. The van der Waals surface area contributed by atoms with Crippen LogP contribution in [-0.4, -0.2) is 11.1 Å². The number of benzene rings is 2. The molecule has 0 fully saturated rings. The molecule has 1 N–H and O–H groups in total. The molecular formula is C36H54O2. The van der Waals surface area contributed by atoms with Gasteiger partial charge in [0.15, 0.2) is 0 Å². The summed E-state index contributed by atoms with van der Waals surface area (Å²) in [6, 6.07) is 7.45. The molecule has 0 unspecified atom stereocenters. The molecule has 2 aromatic rings. The molecule has 38 heavy (non-hydrogen) atoms. The van der Waals surface area contributed by atoms with Crippen molar-refractivity contribution in [3.05, 3.63) is 67.6 Å². The van der Waals surface area contributed by atoms with Crippen molar-refractivity contribution in [3.63, 3.8) is 0 Å². The molecule has 0 aromatic heterocycles. The number of unbranched alkanes of at least 4 members (excludes halogenated alkanes) is 4. The predicted octanol–water partition coefficient (Wildman–Crippen LogP) is 8.55. The van der Waals surface area contributed by atoms with E-state index in [0.717, 1.165) is 19.3 Å². The van der Waals surface area contributed by atoms with Crippen LogP contribution in [0.2, 0.25) is 0 Å². The molecule has 0 saturated carbocycles. The Hall–Kier alpha value is -2.35. The van der Waals surface area contributed by atoms with Crippen LogP contribution in [0.5, 0.6) is 0 Å². The molecule has 0 aliphatic heterocycles. The van der Waals surface area contributed by atoms with Gasteiger partial charge in [0, 0.05) is 11.8 Å². The first-order valence-electron chi connectivity index (χ1n) is 15.3. The molecule has 0 heterocycles. The minimum absolute atomic E-state index is 0.0109. The van der Waals surface area contributed by atoms with Crippen molar-refractivity contribution in [1.82, 2.24) is 0 Å². The second kappa shape index (κ2) is 14.7. The number of hydrogen-bond acceptors (Lipinski definition) is 1. The van der Waals surface area contributed by atoms with Crippen LogP contribution < -0.4 is 10.4 Å². The number of carboxylic acid groups (broad SMARTS) is 1. The van der Waals surface area contributed by atoms with E-state index >= 15 is 0 Å². The van der Waals surface area contributed by atoms with Crippen molar-refractivity contribution in [3.8, 4) is 0 Å². The van der Waals surface area contributed by atoms with Gasteiger partial charge in [-0.3, -0.25) is 4.79 Å². The van der Waals surface area contributed by atoms with Crippen LogP contribution in [0.25, 0.3) is 12.2 Å². The van der Waals surface area contributed by atoms with Gasteiger partial charge in [-0.2, -0.15) is 0 Å². The predicted molar refractivity (Wildman–Crippen MR) is 166 cm³/mol. The first-order chi connectivity index (χ1) is 18.0. The summed E-state index contributed by atoms with van der Waals surface area (Å²) in [4.78, 5) is 9.76. The van der Waals surface area contributed by atoms with Crippen molar-refractivity contribution in [2.45, 2.75) is 138 Å². The molecule has 210 valence electrons. The highest BCUT2D eigenvalue weighted by Gasteiger charge is 2.35. The lowest BCUT2D eigenvalue weighted by atomic mass is 9.66. The van der Waals surface area contributed by atoms with Crippen molar-refractivity contribution >= 4 is 18.1 Å². The molecule has 0 atom stereocenters. The van der Waals surface area contributed by atoms with Gasteiger partial charge < -0.3 is 5.11 Å². The fourth-order valence-corrected chi connectivity index (χ4v) is 5.93. The van der Waals surface area contributed by atoms with Gasteiger partial charge in [-0.15, -0.1) is 0 Å². The van der Waals surface area contributed by atoms with Crippen LogP contribution in [0.1, 0.15) is 145 Å². The van der Waals surface area contributed by atoms with Crippen molar-refractivity contribution in [1.29, 1.82) is 0 Å². The summed E-state index contributed by atoms with van der Waals surface area (Å²) >= 11 is 0. The van der Waals surface area contributed by atoms with E-state index in [1.807, 2.05) is 6.92 Å². The van der Waals surface area contributed by atoms with E-state index in [0.29, 0.717) is 6.42 Å². The van der Waals surface area contributed by atoms with E-state index in [1.54, 1.807) is 22.3 Å². The Morgan fingerprint density at radius 1 is 0.816 bits per heavy atom. The van der Waals surface area contributed by atoms with Crippen LogP contribution in [0.15, 0.2) is 18.2 Å². The molecule has 2 nitrogen and oxygen atoms in total. The zero-order valence-corrected chi connectivity index (χ0v) is 25.8. The highest BCUT2D eigenvalue weighted by Crippen LogP contribution is 2.42. The Labute approximate surface area is 233 Å². The van der Waals surface area contributed by atoms with Crippen LogP contribution in [0.4, 0.5) is 0 Å². The maximum absolute atomic E-state index is 9.76. The molecule has 1 aliphatic rings. The Kier molecular flexibility index (Phi) is 12.3. The Morgan fingerprint density at radius 2 is 1.37 bits per heavy atom. The Balaban J connectivity index is 0.000000638. The molecule has 3 rings (SSSR count). The van der Waals surface area contributed by atoms with E-state index in [9.17, 15) is 4.79 Å². The summed E-state index contributed by atoms with van der Waals surface area (Å²) in [5.74, 6) is -0.693. The number of hydrogen-bond donors (Lipinski definition) is 1. The summed E-state index contributed by atoms with van der Waals surface area (Å²) in [5.41, 5.74) is 12.2. The maximum atomic E-state index is 9.76. The fourth-order valence-electron chi connectivity index (χ4n) is 5.93. The standard InChI is InChI=1S/C31H44.C5H10O2/c1-9-12-15-24-19-27-23(6)28-20-25(16-13-10-2)22(5)26(17-14-11-3)30(28)31(7,8)29(27)18-21(24)4;1-2-3-4-5(6)7/h18-20H,4,9-17H2,1-3,5-8H3;2-4H2,1H3,(H,6,7). The molecule has 0 amide bonds. The minimum Gasteiger partial charge on any atom is -0.481 e. The highest BCUT2D eigenvalue weighted by molar-refractivity contribution is 5.76. The van der Waals surface area contributed by atoms with Gasteiger partial charge in [0.1, 0.15) is 0 Å². The quantitative estimate of drug-likeness (QED) is 0.306. The zero-order chi connectivity index (χ0) is 28.5. The molecule has 1 aliphatic carbocycles. The van der Waals surface area contributed by atoms with Gasteiger partial charge >= 0.3 is 5.97 Å². The van der Waals surface area contributed by atoms with Crippen molar-refractivity contribution in [2.24, 2.45) is 0 Å². The number of rotatable bonds is 12. The Bertz CT molecular complexity index is 1200. The number of aliphatic carboxylic acids is 1. The van der Waals surface area contributed by atoms with Gasteiger partial charge in [-0.1, -0.05) is 92.0 Å². The molecule has 2 heteroatoms. The number of fused-ring (bicyclic) bond motifs is 2. The third kappa shape index (κ3) is 7.39. The van der Waals surface area contributed by atoms with Crippen molar-refractivity contribution < 1.29 is 9.90 Å². The van der Waals surface area contributed by atoms with Crippen molar-refractivity contribution in [2.75, 3.05) is 0 Å². The van der Waals surface area contributed by atoms with Gasteiger partial charge in [0.25, 0.3) is 0 Å². The van der Waals surface area contributed by atoms with Gasteiger partial charge in [-0.25, -0.2) is 0 Å². The second-order valence-corrected chi connectivity index (χ2v) is 11.8. The average molecular weight is 519 g/mol. The summed E-state index contributed by atoms with van der Waals surface area (Å²) in [5, 5.41) is 10.7. The number of aryl methyl sites for hydroxylation is 2. The van der Waals surface area contributed by atoms with Gasteiger partial charge in [0.05, 0.1) is 0 Å². The molecule has 2 aromatic carbocycles. The fraction of sp³-hybridized carbons (Fsp3) is 0.583. The second-order valence-electron chi connectivity index (χ2n) is 11.8.